The molecule has 25 heavy (non-hydrogen) atoms. The minimum atomic E-state index is 0.363. The molecule has 1 aromatic heterocycles. The maximum atomic E-state index is 5.52. The van der Waals surface area contributed by atoms with E-state index in [2.05, 4.69) is 51.5 Å². The largest absolute Gasteiger partial charge is 0.381 e. The maximum Gasteiger partial charge on any atom is 0.229 e. The summed E-state index contributed by atoms with van der Waals surface area (Å²) in [6.45, 7) is 3.43. The van der Waals surface area contributed by atoms with Gasteiger partial charge in [-0.05, 0) is 37.8 Å². The molecule has 0 saturated carbocycles. The van der Waals surface area contributed by atoms with Crippen LogP contribution in [0.5, 0.6) is 0 Å². The van der Waals surface area contributed by atoms with Crippen molar-refractivity contribution in [1.82, 2.24) is 15.0 Å². The third-order valence-electron chi connectivity index (χ3n) is 5.12. The Morgan fingerprint density at radius 3 is 2.80 bits per heavy atom. The lowest BCUT2D eigenvalue weighted by molar-refractivity contribution is 0.0778. The molecule has 0 aliphatic carbocycles. The average molecular weight is 339 g/mol. The number of hydrogen-bond donors (Lipinski definition) is 0. The fourth-order valence-corrected chi connectivity index (χ4v) is 3.68. The molecular formula is C20H25N3O2. The lowest BCUT2D eigenvalue weighted by Crippen LogP contribution is -2.27. The molecule has 0 bridgehead atoms. The van der Waals surface area contributed by atoms with E-state index in [0.717, 1.165) is 50.9 Å². The highest BCUT2D eigenvalue weighted by Crippen LogP contribution is 2.26. The molecule has 2 aliphatic heterocycles. The first-order valence-corrected chi connectivity index (χ1v) is 9.26. The molecule has 5 nitrogen and oxygen atoms in total. The zero-order valence-electron chi connectivity index (χ0n) is 14.5. The van der Waals surface area contributed by atoms with E-state index in [1.807, 2.05) is 6.07 Å². The molecule has 5 heteroatoms. The lowest BCUT2D eigenvalue weighted by atomic mass is 10.0. The van der Waals surface area contributed by atoms with Crippen molar-refractivity contribution < 1.29 is 9.26 Å². The summed E-state index contributed by atoms with van der Waals surface area (Å²) < 4.78 is 10.9. The molecule has 0 spiro atoms. The van der Waals surface area contributed by atoms with Crippen LogP contribution in [-0.2, 0) is 11.3 Å². The van der Waals surface area contributed by atoms with Crippen LogP contribution in [0.3, 0.4) is 0 Å². The molecule has 0 N–H and O–H groups in total. The predicted octanol–water partition coefficient (Wildman–Crippen LogP) is 3.64. The first kappa shape index (κ1) is 16.5. The van der Waals surface area contributed by atoms with Gasteiger partial charge in [0.2, 0.25) is 5.89 Å². The maximum absolute atomic E-state index is 5.52. The van der Waals surface area contributed by atoms with Gasteiger partial charge in [-0.15, -0.1) is 0 Å². The van der Waals surface area contributed by atoms with Crippen LogP contribution in [0.4, 0.5) is 0 Å². The zero-order chi connectivity index (χ0) is 16.9. The number of likely N-dealkylation sites (tertiary alicyclic amines) is 1. The normalized spacial score (nSPS) is 22.8. The number of nitrogens with zero attached hydrogens (tertiary/aromatic N) is 3. The predicted molar refractivity (Wildman–Crippen MR) is 96.0 cm³/mol. The molecule has 0 amide bonds. The van der Waals surface area contributed by atoms with Crippen molar-refractivity contribution in [1.29, 1.82) is 0 Å². The highest BCUT2D eigenvalue weighted by atomic mass is 16.5. The first-order chi connectivity index (χ1) is 12.4. The van der Waals surface area contributed by atoms with E-state index in [9.17, 15) is 0 Å². The van der Waals surface area contributed by atoms with E-state index in [1.54, 1.807) is 0 Å². The Kier molecular flexibility index (Phi) is 5.23. The Labute approximate surface area is 148 Å². The van der Waals surface area contributed by atoms with E-state index in [4.69, 9.17) is 9.26 Å². The minimum Gasteiger partial charge on any atom is -0.381 e. The van der Waals surface area contributed by atoms with Crippen molar-refractivity contribution in [3.05, 3.63) is 53.7 Å². The van der Waals surface area contributed by atoms with E-state index < -0.39 is 0 Å². The Morgan fingerprint density at radius 1 is 1.12 bits per heavy atom. The molecule has 2 fully saturated rings. The topological polar surface area (TPSA) is 51.4 Å². The highest BCUT2D eigenvalue weighted by molar-refractivity contribution is 5.49. The van der Waals surface area contributed by atoms with Crippen LogP contribution in [0.1, 0.15) is 48.9 Å². The summed E-state index contributed by atoms with van der Waals surface area (Å²) in [5.41, 5.74) is 1.25. The van der Waals surface area contributed by atoms with E-state index >= 15 is 0 Å². The van der Waals surface area contributed by atoms with Crippen LogP contribution in [-0.4, -0.2) is 40.8 Å². The smallest absolute Gasteiger partial charge is 0.229 e. The number of benzene rings is 1. The van der Waals surface area contributed by atoms with Crippen molar-refractivity contribution in [2.45, 2.75) is 44.2 Å². The molecule has 1 atom stereocenters. The average Bonchev–Trinajstić information content (AvgIpc) is 3.32. The molecule has 1 aromatic carbocycles. The Balaban J connectivity index is 1.38. The number of hydrogen-bond acceptors (Lipinski definition) is 5. The molecule has 3 heterocycles. The van der Waals surface area contributed by atoms with Gasteiger partial charge < -0.3 is 9.26 Å². The van der Waals surface area contributed by atoms with Crippen LogP contribution in [0.15, 0.2) is 40.9 Å². The van der Waals surface area contributed by atoms with Gasteiger partial charge in [0.25, 0.3) is 0 Å². The number of aromatic nitrogens is 2. The summed E-state index contributed by atoms with van der Waals surface area (Å²) in [7, 11) is 0. The second-order valence-corrected chi connectivity index (χ2v) is 6.89. The van der Waals surface area contributed by atoms with Gasteiger partial charge in [0.15, 0.2) is 5.82 Å². The summed E-state index contributed by atoms with van der Waals surface area (Å²) in [6.07, 6.45) is 8.89. The monoisotopic (exact) mass is 339 g/mol. The van der Waals surface area contributed by atoms with Gasteiger partial charge in [0.05, 0.1) is 6.54 Å². The second-order valence-electron chi connectivity index (χ2n) is 6.89. The second kappa shape index (κ2) is 7.93. The van der Waals surface area contributed by atoms with Crippen molar-refractivity contribution in [2.75, 3.05) is 19.8 Å². The van der Waals surface area contributed by atoms with Crippen LogP contribution in [0.2, 0.25) is 0 Å². The molecule has 0 radical (unpaired) electrons. The first-order valence-electron chi connectivity index (χ1n) is 9.26. The van der Waals surface area contributed by atoms with Gasteiger partial charge in [-0.2, -0.15) is 4.98 Å². The van der Waals surface area contributed by atoms with Crippen LogP contribution in [0.25, 0.3) is 6.08 Å². The summed E-state index contributed by atoms with van der Waals surface area (Å²) in [6, 6.07) is 10.9. The fraction of sp³-hybridized carbons (Fsp3) is 0.500. The quantitative estimate of drug-likeness (QED) is 0.832. The minimum absolute atomic E-state index is 0.363. The summed E-state index contributed by atoms with van der Waals surface area (Å²) >= 11 is 0. The van der Waals surface area contributed by atoms with Crippen molar-refractivity contribution in [2.24, 2.45) is 0 Å². The van der Waals surface area contributed by atoms with Crippen molar-refractivity contribution >= 4 is 6.08 Å². The standard InChI is InChI=1S/C20H25N3O2/c1-2-5-16(6-3-1)8-9-18-7-4-12-23(18)15-19-21-20(25-22-19)17-10-13-24-14-11-17/h1-3,5-6,8-9,17-18H,4,7,10-15H2/b9-8+/t18-/m0/s1. The van der Waals surface area contributed by atoms with Gasteiger partial charge >= 0.3 is 0 Å². The Bertz CT molecular complexity index is 692. The van der Waals surface area contributed by atoms with E-state index in [-0.39, 0.29) is 0 Å². The molecule has 4 rings (SSSR count). The van der Waals surface area contributed by atoms with Gasteiger partial charge in [-0.3, -0.25) is 4.90 Å². The van der Waals surface area contributed by atoms with Gasteiger partial charge in [0, 0.05) is 25.2 Å². The van der Waals surface area contributed by atoms with Crippen molar-refractivity contribution in [3.63, 3.8) is 0 Å². The van der Waals surface area contributed by atoms with Crippen LogP contribution < -0.4 is 0 Å². The van der Waals surface area contributed by atoms with Crippen molar-refractivity contribution in [3.8, 4) is 0 Å². The lowest BCUT2D eigenvalue weighted by Gasteiger charge is -2.20. The SMILES string of the molecule is C(=C\[C@@H]1CCCN1Cc1noc(C2CCOCC2)n1)/c1ccccc1. The highest BCUT2D eigenvalue weighted by Gasteiger charge is 2.26. The van der Waals surface area contributed by atoms with Gasteiger partial charge in [-0.25, -0.2) is 0 Å². The summed E-state index contributed by atoms with van der Waals surface area (Å²) in [4.78, 5) is 7.09. The van der Waals surface area contributed by atoms with Gasteiger partial charge in [0.1, 0.15) is 0 Å². The number of rotatable bonds is 5. The van der Waals surface area contributed by atoms with E-state index in [0.29, 0.717) is 12.0 Å². The fourth-order valence-electron chi connectivity index (χ4n) is 3.68. The third-order valence-corrected chi connectivity index (χ3v) is 5.12. The summed E-state index contributed by atoms with van der Waals surface area (Å²) in [5.74, 6) is 1.96. The van der Waals surface area contributed by atoms with Gasteiger partial charge in [-0.1, -0.05) is 47.6 Å². The molecule has 132 valence electrons. The van der Waals surface area contributed by atoms with E-state index in [1.165, 1.54) is 18.4 Å². The number of ether oxygens (including phenoxy) is 1. The van der Waals surface area contributed by atoms with Crippen LogP contribution in [0, 0.1) is 0 Å². The molecule has 2 aliphatic rings. The summed E-state index contributed by atoms with van der Waals surface area (Å²) in [5, 5.41) is 4.21. The molecular weight excluding hydrogens is 314 g/mol. The zero-order valence-corrected chi connectivity index (χ0v) is 14.5. The molecule has 2 saturated heterocycles. The Morgan fingerprint density at radius 2 is 1.96 bits per heavy atom. The third kappa shape index (κ3) is 4.17. The Hall–Kier alpha value is -1.98. The molecule has 2 aromatic rings. The van der Waals surface area contributed by atoms with Crippen LogP contribution >= 0.6 is 0 Å². The molecule has 0 unspecified atom stereocenters.